The highest BCUT2D eigenvalue weighted by molar-refractivity contribution is 5.92. The predicted octanol–water partition coefficient (Wildman–Crippen LogP) is 4.07. The largest absolute Gasteiger partial charge is 0.339 e. The van der Waals surface area contributed by atoms with Gasteiger partial charge in [0.2, 0.25) is 11.8 Å². The molecule has 1 saturated heterocycles. The first kappa shape index (κ1) is 19.7. The topological polar surface area (TPSA) is 40.6 Å². The van der Waals surface area contributed by atoms with Crippen LogP contribution in [-0.4, -0.2) is 47.8 Å². The van der Waals surface area contributed by atoms with Gasteiger partial charge in [-0.3, -0.25) is 9.59 Å². The van der Waals surface area contributed by atoms with E-state index in [0.29, 0.717) is 44.4 Å². The summed E-state index contributed by atoms with van der Waals surface area (Å²) in [5.74, 6) is 1.40. The van der Waals surface area contributed by atoms with Gasteiger partial charge in [0.15, 0.2) is 0 Å². The normalized spacial score (nSPS) is 18.6. The number of rotatable bonds is 5. The molecule has 0 unspecified atom stereocenters. The number of amides is 2. The van der Waals surface area contributed by atoms with Gasteiger partial charge in [-0.05, 0) is 41.9 Å². The predicted molar refractivity (Wildman–Crippen MR) is 109 cm³/mol. The van der Waals surface area contributed by atoms with Gasteiger partial charge in [0.25, 0.3) is 0 Å². The standard InChI is InChI=1S/C23H32N2O2/c1-18(2)21-10-7-19(8-11-21)9-12-22(26)24-13-15-25(16-14-24)23(27)17-20-5-3-4-6-20/h7-12,18,20H,3-6,13-17H2,1-2H3/b12-9+. The summed E-state index contributed by atoms with van der Waals surface area (Å²) in [4.78, 5) is 28.6. The average molecular weight is 369 g/mol. The van der Waals surface area contributed by atoms with E-state index in [1.54, 1.807) is 6.08 Å². The molecule has 1 saturated carbocycles. The third-order valence-electron chi connectivity index (χ3n) is 5.90. The molecule has 4 nitrogen and oxygen atoms in total. The number of carbonyl (C=O) groups is 2. The minimum absolute atomic E-state index is 0.0332. The van der Waals surface area contributed by atoms with E-state index < -0.39 is 0 Å². The summed E-state index contributed by atoms with van der Waals surface area (Å²) in [5.41, 5.74) is 2.34. The molecule has 1 aliphatic heterocycles. The van der Waals surface area contributed by atoms with Crippen molar-refractivity contribution in [3.8, 4) is 0 Å². The minimum Gasteiger partial charge on any atom is -0.339 e. The summed E-state index contributed by atoms with van der Waals surface area (Å²) in [6.45, 7) is 6.93. The second kappa shape index (κ2) is 9.20. The van der Waals surface area contributed by atoms with E-state index in [-0.39, 0.29) is 11.8 Å². The fourth-order valence-electron chi connectivity index (χ4n) is 4.03. The number of hydrogen-bond acceptors (Lipinski definition) is 2. The maximum Gasteiger partial charge on any atom is 0.246 e. The van der Waals surface area contributed by atoms with Gasteiger partial charge in [0.05, 0.1) is 0 Å². The second-order valence-electron chi connectivity index (χ2n) is 8.22. The van der Waals surface area contributed by atoms with Crippen molar-refractivity contribution in [2.75, 3.05) is 26.2 Å². The molecule has 0 atom stereocenters. The molecule has 2 aliphatic rings. The third-order valence-corrected chi connectivity index (χ3v) is 5.90. The van der Waals surface area contributed by atoms with Gasteiger partial charge in [0, 0.05) is 38.7 Å². The second-order valence-corrected chi connectivity index (χ2v) is 8.22. The quantitative estimate of drug-likeness (QED) is 0.735. The van der Waals surface area contributed by atoms with E-state index >= 15 is 0 Å². The maximum atomic E-state index is 12.4. The number of hydrogen-bond donors (Lipinski definition) is 0. The van der Waals surface area contributed by atoms with Crippen molar-refractivity contribution >= 4 is 17.9 Å². The fraction of sp³-hybridized carbons (Fsp3) is 0.565. The van der Waals surface area contributed by atoms with Crippen molar-refractivity contribution in [3.63, 3.8) is 0 Å². The molecule has 3 rings (SSSR count). The lowest BCUT2D eigenvalue weighted by atomic mass is 10.0. The smallest absolute Gasteiger partial charge is 0.246 e. The van der Waals surface area contributed by atoms with Gasteiger partial charge in [-0.25, -0.2) is 0 Å². The average Bonchev–Trinajstić information content (AvgIpc) is 3.19. The minimum atomic E-state index is 0.0332. The van der Waals surface area contributed by atoms with E-state index in [0.717, 1.165) is 5.56 Å². The maximum absolute atomic E-state index is 12.4. The van der Waals surface area contributed by atoms with Crippen LogP contribution in [0.3, 0.4) is 0 Å². The first-order valence-corrected chi connectivity index (χ1v) is 10.4. The molecule has 1 aromatic rings. The van der Waals surface area contributed by atoms with Crippen molar-refractivity contribution < 1.29 is 9.59 Å². The monoisotopic (exact) mass is 368 g/mol. The Morgan fingerprint density at radius 3 is 2.19 bits per heavy atom. The van der Waals surface area contributed by atoms with Crippen LogP contribution in [0.2, 0.25) is 0 Å². The molecular formula is C23H32N2O2. The van der Waals surface area contributed by atoms with Gasteiger partial charge >= 0.3 is 0 Å². The van der Waals surface area contributed by atoms with E-state index in [2.05, 4.69) is 38.1 Å². The third kappa shape index (κ3) is 5.44. The van der Waals surface area contributed by atoms with Crippen LogP contribution < -0.4 is 0 Å². The first-order valence-electron chi connectivity index (χ1n) is 10.4. The summed E-state index contributed by atoms with van der Waals surface area (Å²) in [6.07, 6.45) is 9.17. The number of nitrogens with zero attached hydrogens (tertiary/aromatic N) is 2. The van der Waals surface area contributed by atoms with E-state index in [1.807, 2.05) is 15.9 Å². The molecule has 0 aromatic heterocycles. The lowest BCUT2D eigenvalue weighted by molar-refractivity contribution is -0.137. The number of benzene rings is 1. The van der Waals surface area contributed by atoms with Gasteiger partial charge in [-0.1, -0.05) is 51.0 Å². The summed E-state index contributed by atoms with van der Waals surface area (Å²) in [5, 5.41) is 0. The lowest BCUT2D eigenvalue weighted by Gasteiger charge is -2.34. The molecule has 1 aliphatic carbocycles. The Morgan fingerprint density at radius 2 is 1.59 bits per heavy atom. The lowest BCUT2D eigenvalue weighted by Crippen LogP contribution is -2.50. The zero-order valence-electron chi connectivity index (χ0n) is 16.7. The van der Waals surface area contributed by atoms with Crippen LogP contribution in [0.25, 0.3) is 6.08 Å². The highest BCUT2D eigenvalue weighted by Crippen LogP contribution is 2.28. The molecule has 1 heterocycles. The van der Waals surface area contributed by atoms with Gasteiger partial charge < -0.3 is 9.80 Å². The molecule has 2 fully saturated rings. The zero-order chi connectivity index (χ0) is 19.2. The highest BCUT2D eigenvalue weighted by Gasteiger charge is 2.26. The van der Waals surface area contributed by atoms with Crippen LogP contribution >= 0.6 is 0 Å². The Kier molecular flexibility index (Phi) is 6.70. The summed E-state index contributed by atoms with van der Waals surface area (Å²) >= 11 is 0. The van der Waals surface area contributed by atoms with Gasteiger partial charge in [-0.15, -0.1) is 0 Å². The highest BCUT2D eigenvalue weighted by atomic mass is 16.2. The Morgan fingerprint density at radius 1 is 1.00 bits per heavy atom. The van der Waals surface area contributed by atoms with E-state index in [1.165, 1.54) is 31.2 Å². The van der Waals surface area contributed by atoms with Crippen molar-refractivity contribution in [2.24, 2.45) is 5.92 Å². The zero-order valence-corrected chi connectivity index (χ0v) is 16.7. The summed E-state index contributed by atoms with van der Waals surface area (Å²) in [7, 11) is 0. The SMILES string of the molecule is CC(C)c1ccc(/C=C/C(=O)N2CCN(C(=O)CC3CCCC3)CC2)cc1. The Labute approximate surface area is 163 Å². The van der Waals surface area contributed by atoms with Crippen molar-refractivity contribution in [2.45, 2.75) is 51.9 Å². The molecule has 0 bridgehead atoms. The fourth-order valence-corrected chi connectivity index (χ4v) is 4.03. The molecule has 27 heavy (non-hydrogen) atoms. The van der Waals surface area contributed by atoms with Crippen LogP contribution in [0.1, 0.15) is 63.0 Å². The van der Waals surface area contributed by atoms with Crippen molar-refractivity contribution in [1.82, 2.24) is 9.80 Å². The van der Waals surface area contributed by atoms with Crippen molar-refractivity contribution in [3.05, 3.63) is 41.5 Å². The van der Waals surface area contributed by atoms with Gasteiger partial charge in [-0.2, -0.15) is 0 Å². The molecule has 4 heteroatoms. The summed E-state index contributed by atoms with van der Waals surface area (Å²) in [6, 6.07) is 8.34. The van der Waals surface area contributed by atoms with E-state index in [9.17, 15) is 9.59 Å². The van der Waals surface area contributed by atoms with E-state index in [4.69, 9.17) is 0 Å². The van der Waals surface area contributed by atoms with Crippen LogP contribution in [0.15, 0.2) is 30.3 Å². The molecule has 0 radical (unpaired) electrons. The molecule has 2 amide bonds. The van der Waals surface area contributed by atoms with Crippen LogP contribution in [-0.2, 0) is 9.59 Å². The number of carbonyl (C=O) groups excluding carboxylic acids is 2. The van der Waals surface area contributed by atoms with Crippen LogP contribution in [0.5, 0.6) is 0 Å². The Hall–Kier alpha value is -2.10. The molecular weight excluding hydrogens is 336 g/mol. The van der Waals surface area contributed by atoms with Gasteiger partial charge in [0.1, 0.15) is 0 Å². The molecule has 1 aromatic carbocycles. The Balaban J connectivity index is 1.45. The molecule has 146 valence electrons. The van der Waals surface area contributed by atoms with Crippen LogP contribution in [0.4, 0.5) is 0 Å². The van der Waals surface area contributed by atoms with Crippen LogP contribution in [0, 0.1) is 5.92 Å². The Bertz CT molecular complexity index is 664. The summed E-state index contributed by atoms with van der Waals surface area (Å²) < 4.78 is 0. The number of piperazine rings is 1. The van der Waals surface area contributed by atoms with Crippen molar-refractivity contribution in [1.29, 1.82) is 0 Å². The molecule has 0 spiro atoms. The first-order chi connectivity index (χ1) is 13.0. The molecule has 0 N–H and O–H groups in total.